The van der Waals surface area contributed by atoms with Crippen LogP contribution >= 0.6 is 0 Å². The maximum atomic E-state index is 10.7. The lowest BCUT2D eigenvalue weighted by Crippen LogP contribution is -2.00. The van der Waals surface area contributed by atoms with E-state index in [0.29, 0.717) is 0 Å². The highest BCUT2D eigenvalue weighted by molar-refractivity contribution is 5.70. The van der Waals surface area contributed by atoms with E-state index in [0.717, 1.165) is 36.8 Å². The van der Waals surface area contributed by atoms with Gasteiger partial charge in [0, 0.05) is 0 Å². The first kappa shape index (κ1) is 19.7. The third-order valence-electron chi connectivity index (χ3n) is 4.44. The lowest BCUT2D eigenvalue weighted by atomic mass is 10.0. The number of aryl methyl sites for hydroxylation is 2. The van der Waals surface area contributed by atoms with E-state index < -0.39 is 11.9 Å². The van der Waals surface area contributed by atoms with E-state index in [1.54, 1.807) is 0 Å². The summed E-state index contributed by atoms with van der Waals surface area (Å²) in [6.07, 6.45) is 6.83. The van der Waals surface area contributed by atoms with Crippen LogP contribution in [0.25, 0.3) is 0 Å². The first-order valence-electron chi connectivity index (χ1n) is 9.12. The van der Waals surface area contributed by atoms with E-state index in [4.69, 9.17) is 10.2 Å². The average molecular weight is 354 g/mol. The fraction of sp³-hybridized carbons (Fsp3) is 0.364. The molecule has 0 aromatic heterocycles. The smallest absolute Gasteiger partial charge is 0.307 e. The van der Waals surface area contributed by atoms with Crippen molar-refractivity contribution in [2.24, 2.45) is 0 Å². The molecule has 2 N–H and O–H groups in total. The summed E-state index contributed by atoms with van der Waals surface area (Å²) in [5.74, 6) is -1.59. The van der Waals surface area contributed by atoms with Gasteiger partial charge in [-0.3, -0.25) is 9.59 Å². The van der Waals surface area contributed by atoms with Crippen molar-refractivity contribution in [2.45, 2.75) is 51.4 Å². The van der Waals surface area contributed by atoms with Crippen LogP contribution in [0.2, 0.25) is 0 Å². The molecule has 0 saturated heterocycles. The highest BCUT2D eigenvalue weighted by Crippen LogP contribution is 2.13. The molecule has 0 saturated carbocycles. The second-order valence-electron chi connectivity index (χ2n) is 6.69. The monoisotopic (exact) mass is 354 g/mol. The van der Waals surface area contributed by atoms with Crippen LogP contribution < -0.4 is 0 Å². The molecule has 0 unspecified atom stereocenters. The Hall–Kier alpha value is -2.62. The van der Waals surface area contributed by atoms with E-state index in [2.05, 4.69) is 0 Å². The van der Waals surface area contributed by atoms with E-state index >= 15 is 0 Å². The van der Waals surface area contributed by atoms with Gasteiger partial charge in [0.15, 0.2) is 0 Å². The second kappa shape index (κ2) is 10.4. The van der Waals surface area contributed by atoms with Crippen molar-refractivity contribution in [3.8, 4) is 0 Å². The van der Waals surface area contributed by atoms with E-state index in [1.165, 1.54) is 24.0 Å². The zero-order valence-electron chi connectivity index (χ0n) is 15.0. The molecule has 2 rings (SSSR count). The summed E-state index contributed by atoms with van der Waals surface area (Å²) in [7, 11) is 0. The van der Waals surface area contributed by atoms with Crippen LogP contribution in [0.3, 0.4) is 0 Å². The number of hydrogen-bond donors (Lipinski definition) is 2. The van der Waals surface area contributed by atoms with Gasteiger partial charge in [0.1, 0.15) is 0 Å². The molecule has 4 nitrogen and oxygen atoms in total. The van der Waals surface area contributed by atoms with Crippen molar-refractivity contribution >= 4 is 11.9 Å². The summed E-state index contributed by atoms with van der Waals surface area (Å²) in [4.78, 5) is 21.3. The summed E-state index contributed by atoms with van der Waals surface area (Å²) in [6.45, 7) is 0. The van der Waals surface area contributed by atoms with Crippen molar-refractivity contribution in [3.05, 3.63) is 70.8 Å². The van der Waals surface area contributed by atoms with Crippen molar-refractivity contribution in [3.63, 3.8) is 0 Å². The molecule has 26 heavy (non-hydrogen) atoms. The number of hydrogen-bond acceptors (Lipinski definition) is 2. The van der Waals surface area contributed by atoms with Gasteiger partial charge in [-0.25, -0.2) is 0 Å². The van der Waals surface area contributed by atoms with Crippen LogP contribution in [-0.4, -0.2) is 22.2 Å². The van der Waals surface area contributed by atoms with Crippen LogP contribution in [0, 0.1) is 0 Å². The van der Waals surface area contributed by atoms with Gasteiger partial charge in [-0.05, 0) is 47.9 Å². The Morgan fingerprint density at radius 3 is 1.15 bits per heavy atom. The van der Waals surface area contributed by atoms with Crippen molar-refractivity contribution < 1.29 is 19.8 Å². The first-order chi connectivity index (χ1) is 12.5. The number of benzene rings is 2. The van der Waals surface area contributed by atoms with Crippen LogP contribution in [0.5, 0.6) is 0 Å². The predicted octanol–water partition coefficient (Wildman–Crippen LogP) is 4.29. The fourth-order valence-electron chi connectivity index (χ4n) is 3.01. The minimum atomic E-state index is -0.797. The predicted molar refractivity (Wildman–Crippen MR) is 101 cm³/mol. The van der Waals surface area contributed by atoms with E-state index in [-0.39, 0.29) is 12.8 Å². The Balaban J connectivity index is 1.60. The highest BCUT2D eigenvalue weighted by Gasteiger charge is 2.02. The number of carboxylic acids is 2. The van der Waals surface area contributed by atoms with Gasteiger partial charge < -0.3 is 10.2 Å². The van der Waals surface area contributed by atoms with Crippen molar-refractivity contribution in [1.82, 2.24) is 0 Å². The van der Waals surface area contributed by atoms with Gasteiger partial charge in [-0.2, -0.15) is 0 Å². The van der Waals surface area contributed by atoms with Crippen molar-refractivity contribution in [2.75, 3.05) is 0 Å². The molecule has 0 aliphatic carbocycles. The normalized spacial score (nSPS) is 10.6. The van der Waals surface area contributed by atoms with Gasteiger partial charge in [0.2, 0.25) is 0 Å². The largest absolute Gasteiger partial charge is 0.481 e. The Bertz CT molecular complexity index is 638. The quantitative estimate of drug-likeness (QED) is 0.591. The summed E-state index contributed by atoms with van der Waals surface area (Å²) in [5.41, 5.74) is 4.20. The Kier molecular flexibility index (Phi) is 7.87. The molecule has 2 aromatic rings. The second-order valence-corrected chi connectivity index (χ2v) is 6.69. The maximum absolute atomic E-state index is 10.7. The van der Waals surface area contributed by atoms with Crippen molar-refractivity contribution in [1.29, 1.82) is 0 Å². The lowest BCUT2D eigenvalue weighted by molar-refractivity contribution is -0.137. The molecule has 0 aliphatic rings. The number of carboxylic acid groups (broad SMARTS) is 2. The summed E-state index contributed by atoms with van der Waals surface area (Å²) >= 11 is 0. The third-order valence-corrected chi connectivity index (χ3v) is 4.44. The average Bonchev–Trinajstić information content (AvgIpc) is 2.60. The number of aliphatic carboxylic acids is 2. The zero-order valence-corrected chi connectivity index (χ0v) is 15.0. The maximum Gasteiger partial charge on any atom is 0.307 e. The van der Waals surface area contributed by atoms with Crippen LogP contribution in [0.15, 0.2) is 48.5 Å². The molecule has 0 aliphatic heterocycles. The minimum absolute atomic E-state index is 0.0809. The molecule has 4 heteroatoms. The molecule has 2 aromatic carbocycles. The highest BCUT2D eigenvalue weighted by atomic mass is 16.4. The van der Waals surface area contributed by atoms with Gasteiger partial charge in [0.05, 0.1) is 12.8 Å². The molecule has 0 radical (unpaired) electrons. The van der Waals surface area contributed by atoms with Gasteiger partial charge >= 0.3 is 11.9 Å². The third kappa shape index (κ3) is 7.51. The Morgan fingerprint density at radius 1 is 0.538 bits per heavy atom. The van der Waals surface area contributed by atoms with Gasteiger partial charge in [-0.15, -0.1) is 0 Å². The summed E-state index contributed by atoms with van der Waals surface area (Å²) in [5, 5.41) is 17.5. The summed E-state index contributed by atoms with van der Waals surface area (Å²) in [6, 6.07) is 15.7. The summed E-state index contributed by atoms with van der Waals surface area (Å²) < 4.78 is 0. The van der Waals surface area contributed by atoms with Crippen LogP contribution in [0.4, 0.5) is 0 Å². The Morgan fingerprint density at radius 2 is 0.846 bits per heavy atom. The van der Waals surface area contributed by atoms with Gasteiger partial charge in [0.25, 0.3) is 0 Å². The lowest BCUT2D eigenvalue weighted by Gasteiger charge is -2.05. The Labute approximate surface area is 154 Å². The number of rotatable bonds is 11. The molecule has 0 heterocycles. The molecule has 0 bridgehead atoms. The molecule has 138 valence electrons. The molecule has 0 atom stereocenters. The number of unbranched alkanes of at least 4 members (excludes halogenated alkanes) is 3. The number of carbonyl (C=O) groups is 2. The molecule has 0 fully saturated rings. The molecule has 0 spiro atoms. The SMILES string of the molecule is O=C(O)Cc1ccc(CCCCCCc2ccc(CC(=O)O)cc2)cc1. The zero-order chi connectivity index (χ0) is 18.8. The van der Waals surface area contributed by atoms with Crippen LogP contribution in [-0.2, 0) is 35.3 Å². The molecular weight excluding hydrogens is 328 g/mol. The van der Waals surface area contributed by atoms with Crippen LogP contribution in [0.1, 0.15) is 47.9 Å². The standard InChI is InChI=1S/C22H26O4/c23-21(24)15-19-11-7-17(8-12-19)5-3-1-2-4-6-18-9-13-20(14-10-18)16-22(25)26/h7-14H,1-6,15-16H2,(H,23,24)(H,25,26). The van der Waals surface area contributed by atoms with E-state index in [9.17, 15) is 9.59 Å². The molecule has 0 amide bonds. The van der Waals surface area contributed by atoms with E-state index in [1.807, 2.05) is 48.5 Å². The minimum Gasteiger partial charge on any atom is -0.481 e. The van der Waals surface area contributed by atoms with Gasteiger partial charge in [-0.1, -0.05) is 61.4 Å². The topological polar surface area (TPSA) is 74.6 Å². The molecular formula is C22H26O4. The first-order valence-corrected chi connectivity index (χ1v) is 9.12. The fourth-order valence-corrected chi connectivity index (χ4v) is 3.01.